The van der Waals surface area contributed by atoms with E-state index in [-0.39, 0.29) is 24.3 Å². The van der Waals surface area contributed by atoms with E-state index in [1.165, 1.54) is 0 Å². The highest BCUT2D eigenvalue weighted by Crippen LogP contribution is 2.38. The maximum atomic E-state index is 12.9. The van der Waals surface area contributed by atoms with Crippen LogP contribution >= 0.6 is 11.6 Å². The van der Waals surface area contributed by atoms with Gasteiger partial charge in [0.15, 0.2) is 5.65 Å². The third kappa shape index (κ3) is 7.07. The lowest BCUT2D eigenvalue weighted by molar-refractivity contribution is -0.138. The average molecular weight is 650 g/mol. The second-order valence-electron chi connectivity index (χ2n) is 11.7. The molecule has 2 aliphatic rings. The van der Waals surface area contributed by atoms with Gasteiger partial charge in [0.05, 0.1) is 24.0 Å². The molecule has 0 atom stereocenters. The van der Waals surface area contributed by atoms with Crippen LogP contribution in [0.5, 0.6) is 0 Å². The van der Waals surface area contributed by atoms with Gasteiger partial charge in [0.2, 0.25) is 11.9 Å². The first-order chi connectivity index (χ1) is 22.3. The number of rotatable bonds is 12. The first kappa shape index (κ1) is 31.3. The molecule has 2 N–H and O–H groups in total. The molecule has 0 aliphatic carbocycles. The Balaban J connectivity index is 1.08. The Hall–Kier alpha value is -4.69. The molecular formula is C31H36ClN9O5. The van der Waals surface area contributed by atoms with Gasteiger partial charge in [-0.3, -0.25) is 24.0 Å². The Morgan fingerprint density at radius 3 is 2.54 bits per heavy atom. The second kappa shape index (κ2) is 13.7. The number of aromatic nitrogens is 5. The van der Waals surface area contributed by atoms with Gasteiger partial charge in [0.1, 0.15) is 13.2 Å². The molecule has 0 bridgehead atoms. The van der Waals surface area contributed by atoms with Gasteiger partial charge in [0, 0.05) is 68.6 Å². The largest absolute Gasteiger partial charge is 0.481 e. The number of aliphatic carboxylic acids is 1. The number of amides is 1. The van der Waals surface area contributed by atoms with Crippen molar-refractivity contribution in [3.63, 3.8) is 0 Å². The second-order valence-corrected chi connectivity index (χ2v) is 12.1. The smallest absolute Gasteiger partial charge is 0.304 e. The molecule has 1 amide bonds. The summed E-state index contributed by atoms with van der Waals surface area (Å²) in [4.78, 5) is 45.7. The van der Waals surface area contributed by atoms with Crippen LogP contribution in [-0.4, -0.2) is 110 Å². The van der Waals surface area contributed by atoms with Crippen LogP contribution in [0.25, 0.3) is 5.65 Å². The maximum absolute atomic E-state index is 12.9. The fourth-order valence-corrected chi connectivity index (χ4v) is 6.36. The molecule has 242 valence electrons. The molecule has 14 nitrogen and oxygen atoms in total. The lowest BCUT2D eigenvalue weighted by Gasteiger charge is -2.42. The molecule has 2 saturated heterocycles. The third-order valence-corrected chi connectivity index (χ3v) is 9.09. The number of nitrogens with zero attached hydrogens (tertiary/aromatic N) is 8. The van der Waals surface area contributed by atoms with E-state index in [4.69, 9.17) is 26.4 Å². The van der Waals surface area contributed by atoms with Gasteiger partial charge >= 0.3 is 5.97 Å². The number of anilines is 3. The highest BCUT2D eigenvalue weighted by Gasteiger charge is 2.38. The lowest BCUT2D eigenvalue weighted by Crippen LogP contribution is -2.49. The van der Waals surface area contributed by atoms with Crippen LogP contribution in [0.2, 0.25) is 5.02 Å². The normalized spacial score (nSPS) is 16.8. The van der Waals surface area contributed by atoms with Crippen molar-refractivity contribution in [2.75, 3.05) is 62.6 Å². The van der Waals surface area contributed by atoms with Crippen molar-refractivity contribution in [1.82, 2.24) is 34.2 Å². The quantitative estimate of drug-likeness (QED) is 0.218. The van der Waals surface area contributed by atoms with E-state index in [0.29, 0.717) is 68.1 Å². The molecule has 1 aromatic carbocycles. The number of fused-ring (bicyclic) bond motifs is 1. The van der Waals surface area contributed by atoms with Gasteiger partial charge in [-0.2, -0.15) is 10.1 Å². The van der Waals surface area contributed by atoms with Gasteiger partial charge in [-0.15, -0.1) is 5.10 Å². The average Bonchev–Trinajstić information content (AvgIpc) is 3.69. The SMILES string of the molecule is O=COCC1(c2ccc(Cl)cc2)CCN(c2cccn3nc(Nc4cnn(CC(=O)N5CCN(CCC(=O)O)CC5)c4)nc23)CC1. The molecule has 2 aliphatic heterocycles. The molecule has 0 spiro atoms. The summed E-state index contributed by atoms with van der Waals surface area (Å²) in [6.07, 6.45) is 6.88. The fraction of sp³-hybridized carbons (Fsp3) is 0.419. The van der Waals surface area contributed by atoms with Crippen molar-refractivity contribution in [3.05, 3.63) is 65.6 Å². The predicted molar refractivity (Wildman–Crippen MR) is 170 cm³/mol. The van der Waals surface area contributed by atoms with E-state index in [1.54, 1.807) is 26.5 Å². The number of carbonyl (C=O) groups is 3. The van der Waals surface area contributed by atoms with Crippen LogP contribution in [0.3, 0.4) is 0 Å². The van der Waals surface area contributed by atoms with Crippen molar-refractivity contribution >= 4 is 52.9 Å². The third-order valence-electron chi connectivity index (χ3n) is 8.84. The van der Waals surface area contributed by atoms with Crippen LogP contribution in [0.15, 0.2) is 55.0 Å². The minimum Gasteiger partial charge on any atom is -0.481 e. The number of nitrogens with one attached hydrogen (secondary N) is 1. The van der Waals surface area contributed by atoms with Crippen molar-refractivity contribution < 1.29 is 24.2 Å². The molecule has 5 heterocycles. The van der Waals surface area contributed by atoms with E-state index < -0.39 is 5.97 Å². The van der Waals surface area contributed by atoms with Crippen LogP contribution in [0.1, 0.15) is 24.8 Å². The van der Waals surface area contributed by atoms with Gasteiger partial charge in [-0.1, -0.05) is 23.7 Å². The summed E-state index contributed by atoms with van der Waals surface area (Å²) in [5.41, 5.74) is 3.12. The lowest BCUT2D eigenvalue weighted by atomic mass is 9.73. The van der Waals surface area contributed by atoms with Crippen molar-refractivity contribution in [2.24, 2.45) is 0 Å². The number of carboxylic acids is 1. The molecular weight excluding hydrogens is 614 g/mol. The van der Waals surface area contributed by atoms with Gasteiger partial charge in [-0.05, 0) is 42.7 Å². The molecule has 4 aromatic rings. The Labute approximate surface area is 270 Å². The standard InChI is InChI=1S/C31H36ClN9O5/c32-24-5-3-23(4-6-24)31(21-46-22-42)8-12-38(13-9-31)26-2-1-10-41-29(26)35-30(36-41)34-25-18-33-40(19-25)20-27(43)39-16-14-37(15-17-39)11-7-28(44)45/h1-6,10,18-19,22H,7-9,11-17,20-21H2,(H,34,36)(H,44,45). The van der Waals surface area contributed by atoms with Crippen molar-refractivity contribution in [3.8, 4) is 0 Å². The minimum atomic E-state index is -0.816. The highest BCUT2D eigenvalue weighted by atomic mass is 35.5. The zero-order valence-corrected chi connectivity index (χ0v) is 26.1. The summed E-state index contributed by atoms with van der Waals surface area (Å²) >= 11 is 6.13. The molecule has 46 heavy (non-hydrogen) atoms. The van der Waals surface area contributed by atoms with E-state index in [0.717, 1.165) is 37.2 Å². The Kier molecular flexibility index (Phi) is 9.35. The van der Waals surface area contributed by atoms with Crippen LogP contribution in [0.4, 0.5) is 17.3 Å². The van der Waals surface area contributed by atoms with E-state index >= 15 is 0 Å². The molecule has 0 radical (unpaired) electrons. The van der Waals surface area contributed by atoms with Crippen LogP contribution < -0.4 is 10.2 Å². The number of piperidine rings is 1. The summed E-state index contributed by atoms with van der Waals surface area (Å²) in [6, 6.07) is 11.7. The first-order valence-electron chi connectivity index (χ1n) is 15.2. The van der Waals surface area contributed by atoms with E-state index in [1.807, 2.05) is 42.6 Å². The number of pyridine rings is 1. The topological polar surface area (TPSA) is 150 Å². The van der Waals surface area contributed by atoms with Crippen LogP contribution in [-0.2, 0) is 31.1 Å². The highest BCUT2D eigenvalue weighted by molar-refractivity contribution is 6.30. The van der Waals surface area contributed by atoms with Gasteiger partial charge in [0.25, 0.3) is 6.47 Å². The summed E-state index contributed by atoms with van der Waals surface area (Å²) in [5.74, 6) is -0.450. The summed E-state index contributed by atoms with van der Waals surface area (Å²) < 4.78 is 8.61. The number of halogens is 1. The Bertz CT molecular complexity index is 1680. The number of carbonyl (C=O) groups excluding carboxylic acids is 2. The van der Waals surface area contributed by atoms with E-state index in [9.17, 15) is 14.4 Å². The van der Waals surface area contributed by atoms with Gasteiger partial charge in [-0.25, -0.2) is 4.52 Å². The monoisotopic (exact) mass is 649 g/mol. The van der Waals surface area contributed by atoms with Crippen molar-refractivity contribution in [2.45, 2.75) is 31.2 Å². The molecule has 0 unspecified atom stereocenters. The number of carboxylic acid groups (broad SMARTS) is 1. The molecule has 3 aromatic heterocycles. The summed E-state index contributed by atoms with van der Waals surface area (Å²) in [6.45, 7) is 5.30. The summed E-state index contributed by atoms with van der Waals surface area (Å²) in [7, 11) is 0. The molecule has 0 saturated carbocycles. The molecule has 6 rings (SSSR count). The number of hydrogen-bond acceptors (Lipinski definition) is 10. The zero-order chi connectivity index (χ0) is 32.1. The molecule has 2 fully saturated rings. The molecule has 15 heteroatoms. The fourth-order valence-electron chi connectivity index (χ4n) is 6.24. The number of hydrogen-bond donors (Lipinski definition) is 2. The van der Waals surface area contributed by atoms with Crippen molar-refractivity contribution in [1.29, 1.82) is 0 Å². The summed E-state index contributed by atoms with van der Waals surface area (Å²) in [5, 5.41) is 21.7. The minimum absolute atomic E-state index is 0.0395. The predicted octanol–water partition coefficient (Wildman–Crippen LogP) is 2.65. The Morgan fingerprint density at radius 2 is 1.83 bits per heavy atom. The van der Waals surface area contributed by atoms with Crippen LogP contribution in [0, 0.1) is 0 Å². The maximum Gasteiger partial charge on any atom is 0.304 e. The number of piperazine rings is 1. The number of benzene rings is 1. The zero-order valence-electron chi connectivity index (χ0n) is 25.3. The number of ether oxygens (including phenoxy) is 1. The van der Waals surface area contributed by atoms with E-state index in [2.05, 4.69) is 25.3 Å². The Morgan fingerprint density at radius 1 is 1.07 bits per heavy atom. The van der Waals surface area contributed by atoms with Gasteiger partial charge < -0.3 is 25.0 Å². The first-order valence-corrected chi connectivity index (χ1v) is 15.6.